The van der Waals surface area contributed by atoms with Crippen molar-refractivity contribution in [1.82, 2.24) is 0 Å². The van der Waals surface area contributed by atoms with Crippen LogP contribution in [0, 0.1) is 0 Å². The number of carbonyl (C=O) groups is 1. The van der Waals surface area contributed by atoms with Crippen LogP contribution in [0.4, 0.5) is 8.78 Å². The van der Waals surface area contributed by atoms with Gasteiger partial charge in [0.1, 0.15) is 6.04 Å². The molecular weight excluding hydrogens is 336 g/mol. The number of halogens is 2. The molecule has 3 nitrogen and oxygen atoms in total. The average molecular weight is 353 g/mol. The second kappa shape index (κ2) is 5.88. The number of rotatable bonds is 4. The molecule has 0 aromatic heterocycles. The molecule has 2 N–H and O–H groups in total. The lowest BCUT2D eigenvalue weighted by Gasteiger charge is -2.24. The van der Waals surface area contributed by atoms with Gasteiger partial charge in [-0.05, 0) is 44.8 Å². The molecule has 0 spiro atoms. The van der Waals surface area contributed by atoms with Crippen molar-refractivity contribution in [2.75, 3.05) is 6.61 Å². The first kappa shape index (κ1) is 16.7. The molecule has 0 aliphatic heterocycles. The highest BCUT2D eigenvalue weighted by molar-refractivity contribution is 6.23. The highest BCUT2D eigenvalue weighted by atomic mass is 19.3. The van der Waals surface area contributed by atoms with Crippen LogP contribution < -0.4 is 5.73 Å². The van der Waals surface area contributed by atoms with Gasteiger partial charge in [0.25, 0.3) is 0 Å². The first-order chi connectivity index (χ1) is 12.4. The Bertz CT molecular complexity index is 1110. The monoisotopic (exact) mass is 353 g/mol. The van der Waals surface area contributed by atoms with Gasteiger partial charge in [-0.15, -0.1) is 0 Å². The highest BCUT2D eigenvalue weighted by Gasteiger charge is 2.48. The summed E-state index contributed by atoms with van der Waals surface area (Å²) in [5, 5.41) is 5.53. The maximum atomic E-state index is 14.5. The Kier molecular flexibility index (Phi) is 3.77. The van der Waals surface area contributed by atoms with E-state index in [1.54, 1.807) is 18.2 Å². The fourth-order valence-corrected chi connectivity index (χ4v) is 3.58. The predicted octanol–water partition coefficient (Wildman–Crippen LogP) is 4.78. The predicted molar refractivity (Wildman–Crippen MR) is 98.7 cm³/mol. The lowest BCUT2D eigenvalue weighted by molar-refractivity contribution is -0.174. The molecule has 0 amide bonds. The molecule has 0 fully saturated rings. The van der Waals surface area contributed by atoms with Crippen LogP contribution in [0.15, 0.2) is 54.6 Å². The molecule has 132 valence electrons. The summed E-state index contributed by atoms with van der Waals surface area (Å²) < 4.78 is 33.5. The van der Waals surface area contributed by atoms with E-state index in [1.165, 1.54) is 6.92 Å². The van der Waals surface area contributed by atoms with Crippen molar-refractivity contribution in [3.8, 4) is 0 Å². The average Bonchev–Trinajstić information content (AvgIpc) is 2.65. The number of esters is 1. The molecule has 0 saturated carbocycles. The van der Waals surface area contributed by atoms with Crippen LogP contribution in [0.1, 0.15) is 18.5 Å². The van der Waals surface area contributed by atoms with Crippen molar-refractivity contribution in [3.05, 3.63) is 60.2 Å². The summed E-state index contributed by atoms with van der Waals surface area (Å²) in [5.41, 5.74) is 6.08. The Morgan fingerprint density at radius 2 is 1.58 bits per heavy atom. The molecule has 0 unspecified atom stereocenters. The second-order valence-corrected chi connectivity index (χ2v) is 6.33. The van der Waals surface area contributed by atoms with E-state index in [4.69, 9.17) is 5.73 Å². The molecule has 0 saturated heterocycles. The molecule has 0 aliphatic rings. The van der Waals surface area contributed by atoms with Crippen molar-refractivity contribution < 1.29 is 18.3 Å². The van der Waals surface area contributed by atoms with Crippen LogP contribution in [0.2, 0.25) is 0 Å². The standard InChI is InChI=1S/C21H17F2NO2/c1-2-26-20(25)21(22,23)19(24)16-11-9-14-7-6-12-4-3-5-13-8-10-15(16)18(14)17(12)13/h3-11,19H,2,24H2,1H3/t19-/m1/s1. The third-order valence-corrected chi connectivity index (χ3v) is 4.84. The van der Waals surface area contributed by atoms with Crippen molar-refractivity contribution in [3.63, 3.8) is 0 Å². The van der Waals surface area contributed by atoms with Crippen molar-refractivity contribution in [2.24, 2.45) is 5.73 Å². The fourth-order valence-electron chi connectivity index (χ4n) is 3.58. The Balaban J connectivity index is 1.98. The number of nitrogens with two attached hydrogens (primary N) is 1. The van der Waals surface area contributed by atoms with E-state index in [2.05, 4.69) is 4.74 Å². The Hall–Kier alpha value is -2.79. The number of benzene rings is 4. The van der Waals surface area contributed by atoms with Crippen LogP contribution in [-0.4, -0.2) is 18.5 Å². The normalized spacial score (nSPS) is 13.5. The molecule has 4 aromatic carbocycles. The molecule has 4 aromatic rings. The summed E-state index contributed by atoms with van der Waals surface area (Å²) in [5.74, 6) is -5.41. The van der Waals surface area contributed by atoms with E-state index in [1.807, 2.05) is 36.4 Å². The topological polar surface area (TPSA) is 52.3 Å². The number of hydrogen-bond acceptors (Lipinski definition) is 3. The Morgan fingerprint density at radius 3 is 2.23 bits per heavy atom. The van der Waals surface area contributed by atoms with Crippen LogP contribution in [0.3, 0.4) is 0 Å². The lowest BCUT2D eigenvalue weighted by Crippen LogP contribution is -2.41. The number of alkyl halides is 2. The summed E-state index contributed by atoms with van der Waals surface area (Å²) in [6.07, 6.45) is 0. The minimum atomic E-state index is -3.81. The van der Waals surface area contributed by atoms with Gasteiger partial charge in [-0.2, -0.15) is 8.78 Å². The summed E-state index contributed by atoms with van der Waals surface area (Å²) in [6, 6.07) is 15.1. The van der Waals surface area contributed by atoms with Crippen LogP contribution in [0.5, 0.6) is 0 Å². The zero-order valence-corrected chi connectivity index (χ0v) is 14.1. The van der Waals surface area contributed by atoms with Gasteiger partial charge >= 0.3 is 11.9 Å². The third-order valence-electron chi connectivity index (χ3n) is 4.84. The van der Waals surface area contributed by atoms with E-state index in [0.717, 1.165) is 26.9 Å². The summed E-state index contributed by atoms with van der Waals surface area (Å²) in [6.45, 7) is 1.36. The van der Waals surface area contributed by atoms with E-state index in [-0.39, 0.29) is 12.2 Å². The second-order valence-electron chi connectivity index (χ2n) is 6.33. The van der Waals surface area contributed by atoms with Gasteiger partial charge < -0.3 is 10.5 Å². The molecule has 4 rings (SSSR count). The first-order valence-corrected chi connectivity index (χ1v) is 8.42. The van der Waals surface area contributed by atoms with Crippen molar-refractivity contribution >= 4 is 38.3 Å². The molecule has 0 heterocycles. The minimum absolute atomic E-state index is 0.125. The number of carbonyl (C=O) groups excluding carboxylic acids is 1. The molecule has 0 aliphatic carbocycles. The molecular formula is C21H17F2NO2. The molecule has 0 radical (unpaired) electrons. The molecule has 5 heteroatoms. The van der Waals surface area contributed by atoms with Crippen LogP contribution in [0.25, 0.3) is 32.3 Å². The van der Waals surface area contributed by atoms with E-state index >= 15 is 0 Å². The lowest BCUT2D eigenvalue weighted by atomic mass is 9.88. The van der Waals surface area contributed by atoms with E-state index < -0.39 is 17.9 Å². The molecule has 1 atom stereocenters. The first-order valence-electron chi connectivity index (χ1n) is 8.42. The van der Waals surface area contributed by atoms with Gasteiger partial charge in [-0.1, -0.05) is 54.6 Å². The van der Waals surface area contributed by atoms with Gasteiger partial charge in [0.15, 0.2) is 0 Å². The molecule has 26 heavy (non-hydrogen) atoms. The smallest absolute Gasteiger partial charge is 0.379 e. The highest BCUT2D eigenvalue weighted by Crippen LogP contribution is 2.40. The number of ether oxygens (including phenoxy) is 1. The zero-order chi connectivity index (χ0) is 18.5. The maximum Gasteiger partial charge on any atom is 0.379 e. The summed E-state index contributed by atoms with van der Waals surface area (Å²) in [4.78, 5) is 11.7. The third kappa shape index (κ3) is 2.31. The SMILES string of the molecule is CCOC(=O)C(F)(F)[C@H](N)c1ccc2ccc3cccc4ccc1c2c34. The van der Waals surface area contributed by atoms with Crippen molar-refractivity contribution in [2.45, 2.75) is 18.9 Å². The van der Waals surface area contributed by atoms with Crippen LogP contribution in [-0.2, 0) is 9.53 Å². The summed E-state index contributed by atoms with van der Waals surface area (Å²) in [7, 11) is 0. The zero-order valence-electron chi connectivity index (χ0n) is 14.1. The Morgan fingerprint density at radius 1 is 1.00 bits per heavy atom. The molecule has 0 bridgehead atoms. The van der Waals surface area contributed by atoms with Gasteiger partial charge in [0.2, 0.25) is 0 Å². The van der Waals surface area contributed by atoms with Crippen molar-refractivity contribution in [1.29, 1.82) is 0 Å². The van der Waals surface area contributed by atoms with Gasteiger partial charge in [-0.3, -0.25) is 0 Å². The van der Waals surface area contributed by atoms with E-state index in [0.29, 0.717) is 5.39 Å². The largest absolute Gasteiger partial charge is 0.462 e. The quantitative estimate of drug-likeness (QED) is 0.424. The Labute approximate surface area is 148 Å². The van der Waals surface area contributed by atoms with Gasteiger partial charge in [-0.25, -0.2) is 4.79 Å². The van der Waals surface area contributed by atoms with Crippen LogP contribution >= 0.6 is 0 Å². The fraction of sp³-hybridized carbons (Fsp3) is 0.190. The van der Waals surface area contributed by atoms with Gasteiger partial charge in [0.05, 0.1) is 6.61 Å². The van der Waals surface area contributed by atoms with E-state index in [9.17, 15) is 13.6 Å². The summed E-state index contributed by atoms with van der Waals surface area (Å²) >= 11 is 0. The minimum Gasteiger partial charge on any atom is -0.462 e. The van der Waals surface area contributed by atoms with Gasteiger partial charge in [0, 0.05) is 0 Å². The number of hydrogen-bond donors (Lipinski definition) is 1. The maximum absolute atomic E-state index is 14.5.